The van der Waals surface area contributed by atoms with Crippen LogP contribution in [0.1, 0.15) is 82.5 Å². The van der Waals surface area contributed by atoms with Crippen LogP contribution in [0.3, 0.4) is 0 Å². The Hall–Kier alpha value is -1.36. The molecule has 24 heavy (non-hydrogen) atoms. The quantitative estimate of drug-likeness (QED) is 0.663. The molecule has 1 heterocycles. The molecular weight excluding hydrogens is 322 g/mol. The lowest BCUT2D eigenvalue weighted by atomic mass is 9.85. The molecule has 0 saturated heterocycles. The van der Waals surface area contributed by atoms with Crippen molar-refractivity contribution < 1.29 is 14.3 Å². The minimum atomic E-state index is -0.373. The molecule has 2 atom stereocenters. The third kappa shape index (κ3) is 5.93. The van der Waals surface area contributed by atoms with Crippen LogP contribution >= 0.6 is 11.3 Å². The molecule has 0 fully saturated rings. The molecular formula is C19H31NO3S. The van der Waals surface area contributed by atoms with Gasteiger partial charge in [-0.05, 0) is 37.2 Å². The standard InChI is InChI=1S/C19H31NO3S/c1-8-12(3)16(21)20-17-14(18(22)23-9-2)10-15(24-17)13(4)11-19(5,6)7/h10,12-13H,8-9,11H2,1-7H3,(H,20,21)/t12-,13+/m0/s1. The van der Waals surface area contributed by atoms with Crippen molar-refractivity contribution in [3.8, 4) is 0 Å². The zero-order valence-electron chi connectivity index (χ0n) is 16.0. The van der Waals surface area contributed by atoms with Crippen molar-refractivity contribution in [3.05, 3.63) is 16.5 Å². The van der Waals surface area contributed by atoms with Gasteiger partial charge in [0.15, 0.2) is 0 Å². The number of hydrogen-bond donors (Lipinski definition) is 1. The lowest BCUT2D eigenvalue weighted by molar-refractivity contribution is -0.119. The summed E-state index contributed by atoms with van der Waals surface area (Å²) in [4.78, 5) is 25.6. The van der Waals surface area contributed by atoms with Gasteiger partial charge in [0.2, 0.25) is 5.91 Å². The van der Waals surface area contributed by atoms with Gasteiger partial charge in [-0.15, -0.1) is 11.3 Å². The fourth-order valence-corrected chi connectivity index (χ4v) is 3.65. The van der Waals surface area contributed by atoms with Crippen LogP contribution in [-0.2, 0) is 9.53 Å². The van der Waals surface area contributed by atoms with Crippen LogP contribution in [0.4, 0.5) is 5.00 Å². The maximum Gasteiger partial charge on any atom is 0.341 e. The lowest BCUT2D eigenvalue weighted by Crippen LogP contribution is -2.20. The number of hydrogen-bond acceptors (Lipinski definition) is 4. The summed E-state index contributed by atoms with van der Waals surface area (Å²) in [6.07, 6.45) is 1.77. The molecule has 0 aliphatic heterocycles. The van der Waals surface area contributed by atoms with E-state index in [9.17, 15) is 9.59 Å². The van der Waals surface area contributed by atoms with Crippen molar-refractivity contribution in [3.63, 3.8) is 0 Å². The van der Waals surface area contributed by atoms with E-state index in [0.717, 1.165) is 17.7 Å². The molecule has 1 aromatic rings. The van der Waals surface area contributed by atoms with Crippen LogP contribution in [0.5, 0.6) is 0 Å². The Morgan fingerprint density at radius 1 is 1.25 bits per heavy atom. The summed E-state index contributed by atoms with van der Waals surface area (Å²) in [5.41, 5.74) is 0.669. The molecule has 0 spiro atoms. The van der Waals surface area contributed by atoms with E-state index in [0.29, 0.717) is 23.1 Å². The fraction of sp³-hybridized carbons (Fsp3) is 0.684. The summed E-state index contributed by atoms with van der Waals surface area (Å²) in [6, 6.07) is 1.88. The number of carbonyl (C=O) groups excluding carboxylic acids is 2. The number of rotatable bonds is 7. The zero-order valence-corrected chi connectivity index (χ0v) is 16.8. The SMILES string of the molecule is CCOC(=O)c1cc([C@H](C)CC(C)(C)C)sc1NC(=O)[C@@H](C)CC. The van der Waals surface area contributed by atoms with Gasteiger partial charge in [-0.1, -0.05) is 41.5 Å². The van der Waals surface area contributed by atoms with Crippen LogP contribution in [0.25, 0.3) is 0 Å². The molecule has 0 bridgehead atoms. The topological polar surface area (TPSA) is 55.4 Å². The molecule has 0 saturated carbocycles. The first kappa shape index (κ1) is 20.7. The molecule has 1 amide bonds. The van der Waals surface area contributed by atoms with Gasteiger partial charge in [0, 0.05) is 10.8 Å². The summed E-state index contributed by atoms with van der Waals surface area (Å²) in [5.74, 6) is -0.197. The number of ether oxygens (including phenoxy) is 1. The Kier molecular flexibility index (Phi) is 7.46. The van der Waals surface area contributed by atoms with Crippen molar-refractivity contribution in [2.75, 3.05) is 11.9 Å². The van der Waals surface area contributed by atoms with Gasteiger partial charge in [0.25, 0.3) is 0 Å². The van der Waals surface area contributed by atoms with Gasteiger partial charge >= 0.3 is 5.97 Å². The van der Waals surface area contributed by atoms with Gasteiger partial charge in [-0.3, -0.25) is 4.79 Å². The highest BCUT2D eigenvalue weighted by Crippen LogP contribution is 2.38. The highest BCUT2D eigenvalue weighted by atomic mass is 32.1. The molecule has 0 aromatic carbocycles. The van der Waals surface area contributed by atoms with Gasteiger partial charge < -0.3 is 10.1 Å². The second kappa shape index (κ2) is 8.65. The van der Waals surface area contributed by atoms with Gasteiger partial charge in [-0.2, -0.15) is 0 Å². The minimum Gasteiger partial charge on any atom is -0.462 e. The smallest absolute Gasteiger partial charge is 0.341 e. The average Bonchev–Trinajstić information content (AvgIpc) is 2.89. The van der Waals surface area contributed by atoms with Crippen molar-refractivity contribution >= 4 is 28.2 Å². The van der Waals surface area contributed by atoms with E-state index in [4.69, 9.17) is 4.74 Å². The van der Waals surface area contributed by atoms with Crippen LogP contribution in [-0.4, -0.2) is 18.5 Å². The fourth-order valence-electron chi connectivity index (χ4n) is 2.55. The Morgan fingerprint density at radius 2 is 1.88 bits per heavy atom. The third-order valence-electron chi connectivity index (χ3n) is 3.95. The number of anilines is 1. The van der Waals surface area contributed by atoms with E-state index in [1.807, 2.05) is 19.9 Å². The largest absolute Gasteiger partial charge is 0.462 e. The first-order chi connectivity index (χ1) is 11.1. The number of nitrogens with one attached hydrogen (secondary N) is 1. The molecule has 136 valence electrons. The van der Waals surface area contributed by atoms with Gasteiger partial charge in [0.05, 0.1) is 12.2 Å². The second-order valence-corrected chi connectivity index (χ2v) is 8.66. The highest BCUT2D eigenvalue weighted by Gasteiger charge is 2.24. The molecule has 5 heteroatoms. The first-order valence-electron chi connectivity index (χ1n) is 8.70. The van der Waals surface area contributed by atoms with Crippen molar-refractivity contribution in [1.29, 1.82) is 0 Å². The Morgan fingerprint density at radius 3 is 2.38 bits per heavy atom. The Labute approximate surface area is 150 Å². The lowest BCUT2D eigenvalue weighted by Gasteiger charge is -2.22. The summed E-state index contributed by atoms with van der Waals surface area (Å²) in [6.45, 7) is 14.7. The van der Waals surface area contributed by atoms with Gasteiger partial charge in [0.1, 0.15) is 5.00 Å². The molecule has 0 aliphatic rings. The molecule has 0 unspecified atom stereocenters. The van der Waals surface area contributed by atoms with Crippen LogP contribution in [0.2, 0.25) is 0 Å². The van der Waals surface area contributed by atoms with Crippen LogP contribution < -0.4 is 5.32 Å². The van der Waals surface area contributed by atoms with Crippen LogP contribution in [0, 0.1) is 11.3 Å². The number of thiophene rings is 1. The van der Waals surface area contributed by atoms with Crippen molar-refractivity contribution in [2.24, 2.45) is 11.3 Å². The normalized spacial score (nSPS) is 14.1. The summed E-state index contributed by atoms with van der Waals surface area (Å²) in [7, 11) is 0. The number of amides is 1. The maximum absolute atomic E-state index is 12.2. The van der Waals surface area contributed by atoms with E-state index >= 15 is 0 Å². The highest BCUT2D eigenvalue weighted by molar-refractivity contribution is 7.16. The summed E-state index contributed by atoms with van der Waals surface area (Å²) >= 11 is 1.49. The molecule has 4 nitrogen and oxygen atoms in total. The average molecular weight is 354 g/mol. The molecule has 1 N–H and O–H groups in total. The van der Waals surface area contributed by atoms with E-state index in [1.165, 1.54) is 11.3 Å². The van der Waals surface area contributed by atoms with E-state index in [1.54, 1.807) is 6.92 Å². The number of carbonyl (C=O) groups is 2. The second-order valence-electron chi connectivity index (χ2n) is 7.58. The van der Waals surface area contributed by atoms with E-state index < -0.39 is 0 Å². The maximum atomic E-state index is 12.2. The zero-order chi connectivity index (χ0) is 18.5. The molecule has 1 aromatic heterocycles. The van der Waals surface area contributed by atoms with E-state index in [-0.39, 0.29) is 23.2 Å². The molecule has 1 rings (SSSR count). The monoisotopic (exact) mass is 353 g/mol. The van der Waals surface area contributed by atoms with Gasteiger partial charge in [-0.25, -0.2) is 4.79 Å². The molecule has 0 aliphatic carbocycles. The third-order valence-corrected chi connectivity index (χ3v) is 5.23. The summed E-state index contributed by atoms with van der Waals surface area (Å²) in [5, 5.41) is 3.52. The van der Waals surface area contributed by atoms with Crippen LogP contribution in [0.15, 0.2) is 6.07 Å². The Balaban J connectivity index is 3.10. The van der Waals surface area contributed by atoms with Crippen molar-refractivity contribution in [1.82, 2.24) is 0 Å². The molecule has 0 radical (unpaired) electrons. The Bertz CT molecular complexity index is 572. The first-order valence-corrected chi connectivity index (χ1v) is 9.52. The van der Waals surface area contributed by atoms with E-state index in [2.05, 4.69) is 33.0 Å². The predicted molar refractivity (Wildman–Crippen MR) is 101 cm³/mol. The van der Waals surface area contributed by atoms with Crippen molar-refractivity contribution in [2.45, 2.75) is 67.2 Å². The summed E-state index contributed by atoms with van der Waals surface area (Å²) < 4.78 is 5.15. The minimum absolute atomic E-state index is 0.0556. The predicted octanol–water partition coefficient (Wildman–Crippen LogP) is 5.45. The number of esters is 1.